The highest BCUT2D eigenvalue weighted by Gasteiger charge is 2.19. The number of aromatic nitrogens is 2. The molecule has 1 N–H and O–H groups in total. The molecule has 3 aromatic rings. The van der Waals surface area contributed by atoms with Crippen molar-refractivity contribution in [3.8, 4) is 10.6 Å². The van der Waals surface area contributed by atoms with Crippen molar-refractivity contribution in [1.29, 1.82) is 0 Å². The Kier molecular flexibility index (Phi) is 8.21. The van der Waals surface area contributed by atoms with Gasteiger partial charge in [-0.2, -0.15) is 0 Å². The molecule has 0 atom stereocenters. The molecular weight excluding hydrogens is 456 g/mol. The van der Waals surface area contributed by atoms with E-state index in [-0.39, 0.29) is 23.7 Å². The summed E-state index contributed by atoms with van der Waals surface area (Å²) in [5.74, 6) is -0.267. The molecule has 174 valence electrons. The molecule has 8 heteroatoms. The molecule has 0 saturated carbocycles. The van der Waals surface area contributed by atoms with E-state index in [0.717, 1.165) is 12.0 Å². The summed E-state index contributed by atoms with van der Waals surface area (Å²) < 4.78 is 0. The van der Waals surface area contributed by atoms with E-state index in [1.54, 1.807) is 17.0 Å². The van der Waals surface area contributed by atoms with Crippen LogP contribution in [0, 0.1) is 0 Å². The average molecular weight is 485 g/mol. The summed E-state index contributed by atoms with van der Waals surface area (Å²) in [5.41, 5.74) is 2.72. The quantitative estimate of drug-likeness (QED) is 0.423. The first-order chi connectivity index (χ1) is 15.7. The minimum absolute atomic E-state index is 0.0287. The van der Waals surface area contributed by atoms with E-state index in [2.05, 4.69) is 36.3 Å². The van der Waals surface area contributed by atoms with Gasteiger partial charge < -0.3 is 10.2 Å². The molecular formula is C25H29ClN4O2S. The fourth-order valence-corrected chi connectivity index (χ4v) is 4.17. The largest absolute Gasteiger partial charge is 0.338 e. The van der Waals surface area contributed by atoms with Gasteiger partial charge in [0.2, 0.25) is 11.0 Å². The van der Waals surface area contributed by atoms with Gasteiger partial charge in [-0.15, -0.1) is 10.2 Å². The number of anilines is 1. The van der Waals surface area contributed by atoms with Crippen molar-refractivity contribution in [2.24, 2.45) is 0 Å². The summed E-state index contributed by atoms with van der Waals surface area (Å²) in [7, 11) is 0. The molecule has 0 bridgehead atoms. The van der Waals surface area contributed by atoms with E-state index in [1.807, 2.05) is 43.3 Å². The molecule has 2 aromatic carbocycles. The van der Waals surface area contributed by atoms with E-state index in [4.69, 9.17) is 11.6 Å². The summed E-state index contributed by atoms with van der Waals surface area (Å²) in [6.45, 7) is 9.37. The maximum Gasteiger partial charge on any atom is 0.253 e. The van der Waals surface area contributed by atoms with Gasteiger partial charge in [-0.05, 0) is 41.7 Å². The number of nitrogens with zero attached hydrogens (tertiary/aromatic N) is 3. The van der Waals surface area contributed by atoms with Crippen molar-refractivity contribution in [3.05, 3.63) is 64.7 Å². The van der Waals surface area contributed by atoms with Gasteiger partial charge in [0.05, 0.1) is 0 Å². The Balaban J connectivity index is 1.58. The molecule has 3 rings (SSSR count). The molecule has 0 unspecified atom stereocenters. The van der Waals surface area contributed by atoms with Gasteiger partial charge >= 0.3 is 0 Å². The molecule has 6 nitrogen and oxygen atoms in total. The number of rotatable bonds is 8. The fraction of sp³-hybridized carbons (Fsp3) is 0.360. The predicted octanol–water partition coefficient (Wildman–Crippen LogP) is 6.04. The van der Waals surface area contributed by atoms with Gasteiger partial charge in [0.25, 0.3) is 5.91 Å². The van der Waals surface area contributed by atoms with Crippen molar-refractivity contribution in [2.75, 3.05) is 18.4 Å². The number of amides is 2. The van der Waals surface area contributed by atoms with Gasteiger partial charge in [-0.1, -0.05) is 74.9 Å². The number of carbonyl (C=O) groups is 2. The number of hydrogen-bond acceptors (Lipinski definition) is 5. The van der Waals surface area contributed by atoms with Crippen molar-refractivity contribution < 1.29 is 9.59 Å². The molecule has 0 fully saturated rings. The topological polar surface area (TPSA) is 75.2 Å². The summed E-state index contributed by atoms with van der Waals surface area (Å²) in [6, 6.07) is 15.0. The van der Waals surface area contributed by atoms with E-state index in [9.17, 15) is 9.59 Å². The zero-order valence-electron chi connectivity index (χ0n) is 19.4. The highest BCUT2D eigenvalue weighted by Crippen LogP contribution is 2.27. The third-order valence-electron chi connectivity index (χ3n) is 5.15. The van der Waals surface area contributed by atoms with Gasteiger partial charge in [-0.25, -0.2) is 0 Å². The van der Waals surface area contributed by atoms with Gasteiger partial charge in [0.15, 0.2) is 0 Å². The second kappa shape index (κ2) is 10.9. The fourth-order valence-electron chi connectivity index (χ4n) is 3.28. The first kappa shape index (κ1) is 24.9. The van der Waals surface area contributed by atoms with Gasteiger partial charge in [0.1, 0.15) is 5.01 Å². The smallest absolute Gasteiger partial charge is 0.253 e. The molecule has 0 saturated heterocycles. The number of halogens is 1. The van der Waals surface area contributed by atoms with E-state index >= 15 is 0 Å². The molecule has 0 radical (unpaired) electrons. The zero-order chi connectivity index (χ0) is 24.0. The number of hydrogen-bond donors (Lipinski definition) is 1. The molecule has 0 aliphatic carbocycles. The third kappa shape index (κ3) is 6.85. The van der Waals surface area contributed by atoms with E-state index in [0.29, 0.717) is 33.8 Å². The standard InChI is InChI=1S/C25H29ClN4O2S/c1-5-15-30(23(32)18-6-10-19(11-7-18)25(2,3)4)16-14-21(31)27-24-29-28-22(33-24)17-8-12-20(26)13-9-17/h6-13H,5,14-16H2,1-4H3,(H,27,29,31). The van der Waals surface area contributed by atoms with Crippen LogP contribution in [-0.4, -0.2) is 40.0 Å². The highest BCUT2D eigenvalue weighted by atomic mass is 35.5. The Morgan fingerprint density at radius 1 is 1.00 bits per heavy atom. The maximum absolute atomic E-state index is 13.0. The molecule has 1 heterocycles. The first-order valence-electron chi connectivity index (χ1n) is 11.0. The van der Waals surface area contributed by atoms with Gasteiger partial charge in [0, 0.05) is 35.7 Å². The lowest BCUT2D eigenvalue weighted by molar-refractivity contribution is -0.116. The van der Waals surface area contributed by atoms with Crippen LogP contribution in [0.25, 0.3) is 10.6 Å². The minimum atomic E-state index is -0.203. The normalized spacial score (nSPS) is 11.3. The summed E-state index contributed by atoms with van der Waals surface area (Å²) in [4.78, 5) is 27.2. The average Bonchev–Trinajstić information content (AvgIpc) is 3.24. The Morgan fingerprint density at radius 3 is 2.27 bits per heavy atom. The Hall–Kier alpha value is -2.77. The van der Waals surface area contributed by atoms with Crippen LogP contribution in [0.15, 0.2) is 48.5 Å². The van der Waals surface area contributed by atoms with E-state index < -0.39 is 0 Å². The molecule has 0 aliphatic heterocycles. The van der Waals surface area contributed by atoms with Crippen LogP contribution in [0.4, 0.5) is 5.13 Å². The van der Waals surface area contributed by atoms with Crippen molar-refractivity contribution >= 4 is 39.9 Å². The van der Waals surface area contributed by atoms with Crippen molar-refractivity contribution in [1.82, 2.24) is 15.1 Å². The van der Waals surface area contributed by atoms with Crippen molar-refractivity contribution in [2.45, 2.75) is 46.0 Å². The van der Waals surface area contributed by atoms with Crippen LogP contribution in [-0.2, 0) is 10.2 Å². The third-order valence-corrected chi connectivity index (χ3v) is 6.29. The number of carbonyl (C=O) groups excluding carboxylic acids is 2. The first-order valence-corrected chi connectivity index (χ1v) is 12.2. The second-order valence-corrected chi connectivity index (χ2v) is 10.3. The summed E-state index contributed by atoms with van der Waals surface area (Å²) in [5, 5.41) is 12.7. The van der Waals surface area contributed by atoms with Crippen LogP contribution in [0.5, 0.6) is 0 Å². The minimum Gasteiger partial charge on any atom is -0.338 e. The van der Waals surface area contributed by atoms with Crippen LogP contribution in [0.3, 0.4) is 0 Å². The highest BCUT2D eigenvalue weighted by molar-refractivity contribution is 7.18. The Morgan fingerprint density at radius 2 is 1.67 bits per heavy atom. The monoisotopic (exact) mass is 484 g/mol. The summed E-state index contributed by atoms with van der Waals surface area (Å²) >= 11 is 7.22. The second-order valence-electron chi connectivity index (χ2n) is 8.84. The molecule has 33 heavy (non-hydrogen) atoms. The maximum atomic E-state index is 13.0. The van der Waals surface area contributed by atoms with Crippen LogP contribution >= 0.6 is 22.9 Å². The van der Waals surface area contributed by atoms with Crippen LogP contribution in [0.2, 0.25) is 5.02 Å². The Labute approximate surface area is 204 Å². The lowest BCUT2D eigenvalue weighted by atomic mass is 9.86. The van der Waals surface area contributed by atoms with E-state index in [1.165, 1.54) is 16.9 Å². The lowest BCUT2D eigenvalue weighted by Crippen LogP contribution is -2.34. The van der Waals surface area contributed by atoms with Crippen LogP contribution in [0.1, 0.15) is 56.5 Å². The zero-order valence-corrected chi connectivity index (χ0v) is 21.0. The Bertz CT molecular complexity index is 1090. The van der Waals surface area contributed by atoms with Gasteiger partial charge in [-0.3, -0.25) is 9.59 Å². The predicted molar refractivity (Wildman–Crippen MR) is 135 cm³/mol. The molecule has 0 aliphatic rings. The lowest BCUT2D eigenvalue weighted by Gasteiger charge is -2.23. The number of nitrogens with one attached hydrogen (secondary N) is 1. The van der Waals surface area contributed by atoms with Crippen molar-refractivity contribution in [3.63, 3.8) is 0 Å². The number of benzene rings is 2. The molecule has 1 aromatic heterocycles. The summed E-state index contributed by atoms with van der Waals surface area (Å²) in [6.07, 6.45) is 0.996. The van der Waals surface area contributed by atoms with Crippen LogP contribution < -0.4 is 5.32 Å². The molecule has 2 amide bonds. The molecule has 0 spiro atoms. The SMILES string of the molecule is CCCN(CCC(=O)Nc1nnc(-c2ccc(Cl)cc2)s1)C(=O)c1ccc(C(C)(C)C)cc1.